The lowest BCUT2D eigenvalue weighted by Gasteiger charge is -2.43. The normalized spacial score (nSPS) is 27.8. The molecule has 96 valence electrons. The van der Waals surface area contributed by atoms with Crippen molar-refractivity contribution in [3.05, 3.63) is 0 Å². The maximum Gasteiger partial charge on any atom is 0.0741 e. The third kappa shape index (κ3) is 3.70. The Morgan fingerprint density at radius 2 is 2.12 bits per heavy atom. The summed E-state index contributed by atoms with van der Waals surface area (Å²) in [5.74, 6) is 2.68. The Morgan fingerprint density at radius 3 is 2.88 bits per heavy atom. The smallest absolute Gasteiger partial charge is 0.0741 e. The van der Waals surface area contributed by atoms with Gasteiger partial charge >= 0.3 is 0 Å². The zero-order valence-electron chi connectivity index (χ0n) is 10.5. The van der Waals surface area contributed by atoms with Crippen LogP contribution in [-0.2, 0) is 9.47 Å². The van der Waals surface area contributed by atoms with Gasteiger partial charge in [-0.15, -0.1) is 12.3 Å². The fraction of sp³-hybridized carbons (Fsp3) is 0.857. The van der Waals surface area contributed by atoms with Crippen molar-refractivity contribution in [1.82, 2.24) is 5.32 Å². The predicted octanol–water partition coefficient (Wildman–Crippen LogP) is 1.72. The van der Waals surface area contributed by atoms with Crippen LogP contribution in [0.2, 0.25) is 0 Å². The first kappa shape index (κ1) is 12.9. The molecular weight excluding hydrogens is 214 g/mol. The van der Waals surface area contributed by atoms with E-state index in [2.05, 4.69) is 11.2 Å². The number of nitrogens with one attached hydrogen (secondary N) is 1. The van der Waals surface area contributed by atoms with Crippen LogP contribution in [0.3, 0.4) is 0 Å². The Morgan fingerprint density at radius 1 is 1.29 bits per heavy atom. The Balaban J connectivity index is 1.74. The van der Waals surface area contributed by atoms with Gasteiger partial charge < -0.3 is 14.8 Å². The van der Waals surface area contributed by atoms with E-state index in [0.717, 1.165) is 64.9 Å². The average Bonchev–Trinajstić information content (AvgIpc) is 2.36. The van der Waals surface area contributed by atoms with Gasteiger partial charge in [0.15, 0.2) is 0 Å². The van der Waals surface area contributed by atoms with Crippen LogP contribution in [0.15, 0.2) is 0 Å². The third-order valence-corrected chi connectivity index (χ3v) is 3.83. The fourth-order valence-electron chi connectivity index (χ4n) is 2.79. The molecule has 1 N–H and O–H groups in total. The van der Waals surface area contributed by atoms with E-state index in [1.807, 2.05) is 0 Å². The molecule has 17 heavy (non-hydrogen) atoms. The molecule has 2 fully saturated rings. The largest absolute Gasteiger partial charge is 0.381 e. The van der Waals surface area contributed by atoms with Crippen LogP contribution in [0.5, 0.6) is 0 Å². The van der Waals surface area contributed by atoms with Gasteiger partial charge in [0.1, 0.15) is 0 Å². The van der Waals surface area contributed by atoms with Gasteiger partial charge in [-0.25, -0.2) is 0 Å². The van der Waals surface area contributed by atoms with Crippen LogP contribution in [0.4, 0.5) is 0 Å². The first-order chi connectivity index (χ1) is 8.35. The molecule has 2 aliphatic heterocycles. The van der Waals surface area contributed by atoms with Gasteiger partial charge in [-0.3, -0.25) is 0 Å². The zero-order chi connectivity index (χ0) is 12.0. The molecule has 2 aliphatic rings. The molecule has 0 aromatic rings. The molecule has 0 saturated carbocycles. The minimum absolute atomic E-state index is 0.0975. The summed E-state index contributed by atoms with van der Waals surface area (Å²) in [7, 11) is 0. The lowest BCUT2D eigenvalue weighted by molar-refractivity contribution is -0.140. The van der Waals surface area contributed by atoms with Gasteiger partial charge in [0.2, 0.25) is 0 Å². The van der Waals surface area contributed by atoms with E-state index >= 15 is 0 Å². The van der Waals surface area contributed by atoms with Crippen molar-refractivity contribution < 1.29 is 9.47 Å². The molecule has 3 heteroatoms. The van der Waals surface area contributed by atoms with E-state index in [1.54, 1.807) is 0 Å². The van der Waals surface area contributed by atoms with Crippen LogP contribution >= 0.6 is 0 Å². The lowest BCUT2D eigenvalue weighted by Crippen LogP contribution is -2.50. The maximum atomic E-state index is 6.01. The zero-order valence-corrected chi connectivity index (χ0v) is 10.5. The van der Waals surface area contributed by atoms with Crippen LogP contribution in [0.25, 0.3) is 0 Å². The van der Waals surface area contributed by atoms with Crippen molar-refractivity contribution in [3.8, 4) is 12.3 Å². The Kier molecular flexibility index (Phi) is 4.85. The number of ether oxygens (including phenoxy) is 2. The van der Waals surface area contributed by atoms with Crippen molar-refractivity contribution in [2.45, 2.75) is 50.2 Å². The van der Waals surface area contributed by atoms with Gasteiger partial charge in [-0.2, -0.15) is 0 Å². The number of hydrogen-bond donors (Lipinski definition) is 1. The predicted molar refractivity (Wildman–Crippen MR) is 67.8 cm³/mol. The average molecular weight is 237 g/mol. The molecule has 2 rings (SSSR count). The Bertz CT molecular complexity index is 260. The number of hydrogen-bond acceptors (Lipinski definition) is 3. The lowest BCUT2D eigenvalue weighted by atomic mass is 9.84. The van der Waals surface area contributed by atoms with Crippen LogP contribution in [-0.4, -0.2) is 38.0 Å². The Labute approximate surface area is 104 Å². The number of terminal acetylenes is 1. The molecule has 0 aromatic carbocycles. The number of rotatable bonds is 4. The van der Waals surface area contributed by atoms with Crippen molar-refractivity contribution in [1.29, 1.82) is 0 Å². The summed E-state index contributed by atoms with van der Waals surface area (Å²) in [4.78, 5) is 0. The van der Waals surface area contributed by atoms with E-state index in [9.17, 15) is 0 Å². The molecule has 0 bridgehead atoms. The van der Waals surface area contributed by atoms with Gasteiger partial charge in [-0.05, 0) is 38.6 Å². The molecule has 1 spiro atoms. The van der Waals surface area contributed by atoms with Gasteiger partial charge in [0, 0.05) is 32.3 Å². The quantitative estimate of drug-likeness (QED) is 0.596. The van der Waals surface area contributed by atoms with Gasteiger partial charge in [0.05, 0.1) is 5.60 Å². The van der Waals surface area contributed by atoms with E-state index in [1.165, 1.54) is 0 Å². The minimum atomic E-state index is 0.0975. The SMILES string of the molecule is C#CCCCNC1CCOC2(CCOCC2)C1. The highest BCUT2D eigenvalue weighted by Gasteiger charge is 2.38. The first-order valence-electron chi connectivity index (χ1n) is 6.73. The number of unbranched alkanes of at least 4 members (excludes halogenated alkanes) is 1. The van der Waals surface area contributed by atoms with E-state index < -0.39 is 0 Å². The molecular formula is C14H23NO2. The molecule has 3 nitrogen and oxygen atoms in total. The second-order valence-electron chi connectivity index (χ2n) is 5.10. The Hall–Kier alpha value is -0.560. The van der Waals surface area contributed by atoms with Crippen LogP contribution in [0, 0.1) is 12.3 Å². The maximum absolute atomic E-state index is 6.01. The minimum Gasteiger partial charge on any atom is -0.381 e. The van der Waals surface area contributed by atoms with E-state index in [-0.39, 0.29) is 5.60 Å². The molecule has 0 radical (unpaired) electrons. The summed E-state index contributed by atoms with van der Waals surface area (Å²) in [6.45, 7) is 3.61. The van der Waals surface area contributed by atoms with E-state index in [4.69, 9.17) is 15.9 Å². The summed E-state index contributed by atoms with van der Waals surface area (Å²) in [6.07, 6.45) is 11.5. The second-order valence-corrected chi connectivity index (χ2v) is 5.10. The molecule has 0 aliphatic carbocycles. The summed E-state index contributed by atoms with van der Waals surface area (Å²) in [5.41, 5.74) is 0.0975. The van der Waals surface area contributed by atoms with Crippen molar-refractivity contribution >= 4 is 0 Å². The molecule has 2 heterocycles. The van der Waals surface area contributed by atoms with Crippen molar-refractivity contribution in [2.24, 2.45) is 0 Å². The molecule has 1 unspecified atom stereocenters. The highest BCUT2D eigenvalue weighted by Crippen LogP contribution is 2.34. The summed E-state index contributed by atoms with van der Waals surface area (Å²) < 4.78 is 11.4. The topological polar surface area (TPSA) is 30.5 Å². The van der Waals surface area contributed by atoms with Crippen molar-refractivity contribution in [3.63, 3.8) is 0 Å². The van der Waals surface area contributed by atoms with Crippen LogP contribution in [0.1, 0.15) is 38.5 Å². The van der Waals surface area contributed by atoms with Crippen molar-refractivity contribution in [2.75, 3.05) is 26.4 Å². The molecule has 2 saturated heterocycles. The monoisotopic (exact) mass is 237 g/mol. The highest BCUT2D eigenvalue weighted by molar-refractivity contribution is 4.91. The highest BCUT2D eigenvalue weighted by atomic mass is 16.5. The third-order valence-electron chi connectivity index (χ3n) is 3.83. The van der Waals surface area contributed by atoms with Crippen LogP contribution < -0.4 is 5.32 Å². The standard InChI is InChI=1S/C14H23NO2/c1-2-3-4-8-15-13-5-9-17-14(12-13)6-10-16-11-7-14/h1,13,15H,3-12H2. The molecule has 0 aromatic heterocycles. The van der Waals surface area contributed by atoms with E-state index in [0.29, 0.717) is 6.04 Å². The fourth-order valence-corrected chi connectivity index (χ4v) is 2.79. The van der Waals surface area contributed by atoms with Gasteiger partial charge in [0.25, 0.3) is 0 Å². The summed E-state index contributed by atoms with van der Waals surface area (Å²) >= 11 is 0. The second kappa shape index (κ2) is 6.39. The first-order valence-corrected chi connectivity index (χ1v) is 6.73. The molecule has 1 atom stereocenters. The summed E-state index contributed by atoms with van der Waals surface area (Å²) in [5, 5.41) is 3.61. The summed E-state index contributed by atoms with van der Waals surface area (Å²) in [6, 6.07) is 0.597. The van der Waals surface area contributed by atoms with Gasteiger partial charge in [-0.1, -0.05) is 0 Å². The molecule has 0 amide bonds.